The summed E-state index contributed by atoms with van der Waals surface area (Å²) >= 11 is 1.61. The molecule has 50 heavy (non-hydrogen) atoms. The van der Waals surface area contributed by atoms with Crippen molar-refractivity contribution in [2.24, 2.45) is 16.3 Å². The molecule has 0 unspecified atom stereocenters. The Morgan fingerprint density at radius 3 is 2.34 bits per heavy atom. The first-order chi connectivity index (χ1) is 24.2. The number of hydrogen-bond donors (Lipinski definition) is 1. The summed E-state index contributed by atoms with van der Waals surface area (Å²) in [6.07, 6.45) is 6.23. The number of carbonyl (C=O) groups is 1. The topological polar surface area (TPSA) is 103 Å². The molecule has 1 atom stereocenters. The Balaban J connectivity index is 1.37. The van der Waals surface area contributed by atoms with Gasteiger partial charge in [0.05, 0.1) is 34.7 Å². The van der Waals surface area contributed by atoms with Crippen LogP contribution in [0, 0.1) is 21.4 Å². The molecule has 0 bridgehead atoms. The number of amides is 1. The van der Waals surface area contributed by atoms with Gasteiger partial charge in [0.2, 0.25) is 0 Å². The second kappa shape index (κ2) is 13.8. The average molecular weight is 683 g/mol. The Labute approximate surface area is 295 Å². The van der Waals surface area contributed by atoms with Crippen LogP contribution in [-0.4, -0.2) is 21.6 Å². The third-order valence-corrected chi connectivity index (χ3v) is 10.7. The van der Waals surface area contributed by atoms with E-state index in [1.165, 1.54) is 17.0 Å². The van der Waals surface area contributed by atoms with Crippen LogP contribution in [-0.2, 0) is 19.4 Å². The van der Waals surface area contributed by atoms with Gasteiger partial charge in [-0.25, -0.2) is 4.99 Å². The molecular weight excluding hydrogens is 645 g/mol. The third kappa shape index (κ3) is 6.69. The lowest BCUT2D eigenvalue weighted by Crippen LogP contribution is -2.28. The Bertz CT molecular complexity index is 2160. The summed E-state index contributed by atoms with van der Waals surface area (Å²) in [5.41, 5.74) is 7.31. The van der Waals surface area contributed by atoms with Gasteiger partial charge in [-0.1, -0.05) is 81.4 Å². The smallest absolute Gasteiger partial charge is 0.269 e. The quantitative estimate of drug-likeness (QED) is 0.0931. The van der Waals surface area contributed by atoms with Gasteiger partial charge in [-0.2, -0.15) is 0 Å². The lowest BCUT2D eigenvalue weighted by atomic mass is 9.72. The standard InChI is InChI=1S/C41H38N4O4S/c1-41(2,3)30-16-21-34-36(24-30)50-40(37(34)39(46)42-26-33-15-10-22-49-33)43-25-29-23-35(27-11-6-4-7-12-27)44(38(29)28-13-8-5-9-14-28)31-17-19-32(20-18-31)45(47)48/h4-15,17-20,22-23,25,30H,16,21,24,26H2,1-3H3,(H,42,46)/t30-/m0/s1. The van der Waals surface area contributed by atoms with Crippen LogP contribution in [0.4, 0.5) is 10.7 Å². The van der Waals surface area contributed by atoms with E-state index in [4.69, 9.17) is 9.41 Å². The van der Waals surface area contributed by atoms with Crippen LogP contribution in [0.25, 0.3) is 28.2 Å². The van der Waals surface area contributed by atoms with Crippen molar-refractivity contribution in [3.63, 3.8) is 0 Å². The number of aromatic nitrogens is 1. The predicted octanol–water partition coefficient (Wildman–Crippen LogP) is 10.2. The summed E-state index contributed by atoms with van der Waals surface area (Å²) in [6, 6.07) is 32.5. The highest BCUT2D eigenvalue weighted by Gasteiger charge is 2.34. The van der Waals surface area contributed by atoms with E-state index in [-0.39, 0.29) is 21.9 Å². The van der Waals surface area contributed by atoms with Gasteiger partial charge in [0.15, 0.2) is 0 Å². The van der Waals surface area contributed by atoms with E-state index in [2.05, 4.69) is 36.7 Å². The van der Waals surface area contributed by atoms with Gasteiger partial charge in [-0.3, -0.25) is 14.9 Å². The minimum atomic E-state index is -0.388. The Kier molecular flexibility index (Phi) is 9.08. The lowest BCUT2D eigenvalue weighted by Gasteiger charge is -2.33. The number of non-ortho nitro benzene ring substituents is 1. The molecule has 6 aromatic rings. The number of nitro benzene ring substituents is 1. The number of rotatable bonds is 9. The van der Waals surface area contributed by atoms with Crippen molar-refractivity contribution >= 4 is 34.1 Å². The number of nitrogens with zero attached hydrogens (tertiary/aromatic N) is 3. The molecule has 3 aromatic heterocycles. The fourth-order valence-electron chi connectivity index (χ4n) is 6.77. The molecular formula is C41H38N4O4S. The van der Waals surface area contributed by atoms with Crippen molar-refractivity contribution in [3.8, 4) is 28.2 Å². The van der Waals surface area contributed by atoms with Crippen molar-refractivity contribution in [3.05, 3.63) is 147 Å². The molecule has 8 nitrogen and oxygen atoms in total. The number of furan rings is 1. The maximum atomic E-state index is 13.9. The molecule has 252 valence electrons. The van der Waals surface area contributed by atoms with Gasteiger partial charge in [0.25, 0.3) is 11.6 Å². The zero-order valence-electron chi connectivity index (χ0n) is 28.3. The molecule has 0 aliphatic heterocycles. The second-order valence-corrected chi connectivity index (χ2v) is 14.8. The van der Waals surface area contributed by atoms with Gasteiger partial charge in [-0.05, 0) is 77.6 Å². The molecule has 1 amide bonds. The molecule has 3 heterocycles. The van der Waals surface area contributed by atoms with Gasteiger partial charge in [-0.15, -0.1) is 11.3 Å². The van der Waals surface area contributed by atoms with E-state index in [1.54, 1.807) is 29.7 Å². The molecule has 1 N–H and O–H groups in total. The number of hydrogen-bond acceptors (Lipinski definition) is 6. The molecule has 7 rings (SSSR count). The molecule has 0 spiro atoms. The summed E-state index contributed by atoms with van der Waals surface area (Å²) in [6.45, 7) is 7.16. The van der Waals surface area contributed by atoms with E-state index in [1.807, 2.05) is 79.0 Å². The molecule has 1 aliphatic carbocycles. The largest absolute Gasteiger partial charge is 0.467 e. The summed E-state index contributed by atoms with van der Waals surface area (Å²) in [5, 5.41) is 15.3. The predicted molar refractivity (Wildman–Crippen MR) is 200 cm³/mol. The highest BCUT2D eigenvalue weighted by atomic mass is 32.1. The maximum absolute atomic E-state index is 13.9. The molecule has 0 radical (unpaired) electrons. The zero-order chi connectivity index (χ0) is 34.8. The molecule has 1 aliphatic rings. The van der Waals surface area contributed by atoms with E-state index in [0.717, 1.165) is 58.6 Å². The number of nitrogens with one attached hydrogen (secondary N) is 1. The van der Waals surface area contributed by atoms with Crippen LogP contribution in [0.3, 0.4) is 0 Å². The monoisotopic (exact) mass is 682 g/mol. The zero-order valence-corrected chi connectivity index (χ0v) is 29.1. The number of fused-ring (bicyclic) bond motifs is 1. The summed E-state index contributed by atoms with van der Waals surface area (Å²) in [7, 11) is 0. The van der Waals surface area contributed by atoms with Crippen LogP contribution in [0.1, 0.15) is 59.3 Å². The van der Waals surface area contributed by atoms with Crippen molar-refractivity contribution in [2.45, 2.75) is 46.6 Å². The van der Waals surface area contributed by atoms with Gasteiger partial charge in [0.1, 0.15) is 10.8 Å². The minimum absolute atomic E-state index is 0.0263. The number of benzene rings is 3. The maximum Gasteiger partial charge on any atom is 0.269 e. The van der Waals surface area contributed by atoms with Crippen LogP contribution in [0.15, 0.2) is 119 Å². The SMILES string of the molecule is CC(C)(C)[C@H]1CCc2c(sc(N=Cc3cc(-c4ccccc4)n(-c4ccc([N+](=O)[O-])cc4)c3-c3ccccc3)c2C(=O)NCc2ccco2)C1. The minimum Gasteiger partial charge on any atom is -0.467 e. The van der Waals surface area contributed by atoms with Crippen LogP contribution >= 0.6 is 11.3 Å². The first-order valence-corrected chi connectivity index (χ1v) is 17.6. The molecule has 0 saturated heterocycles. The van der Waals surface area contributed by atoms with E-state index in [0.29, 0.717) is 28.8 Å². The average Bonchev–Trinajstić information content (AvgIpc) is 3.87. The van der Waals surface area contributed by atoms with E-state index >= 15 is 0 Å². The summed E-state index contributed by atoms with van der Waals surface area (Å²) in [5.74, 6) is 1.05. The first-order valence-electron chi connectivity index (χ1n) is 16.8. The van der Waals surface area contributed by atoms with Crippen molar-refractivity contribution in [1.82, 2.24) is 9.88 Å². The number of aliphatic imine (C=N–C) groups is 1. The molecule has 0 saturated carbocycles. The molecule has 3 aromatic carbocycles. The first kappa shape index (κ1) is 33.0. The Hall–Kier alpha value is -5.54. The van der Waals surface area contributed by atoms with E-state index in [9.17, 15) is 14.9 Å². The van der Waals surface area contributed by atoms with Crippen molar-refractivity contribution in [1.29, 1.82) is 0 Å². The fraction of sp³-hybridized carbons (Fsp3) is 0.220. The highest BCUT2D eigenvalue weighted by molar-refractivity contribution is 7.16. The normalized spacial score (nSPS) is 14.5. The van der Waals surface area contributed by atoms with Crippen molar-refractivity contribution < 1.29 is 14.1 Å². The summed E-state index contributed by atoms with van der Waals surface area (Å²) in [4.78, 5) is 31.4. The fourth-order valence-corrected chi connectivity index (χ4v) is 8.03. The van der Waals surface area contributed by atoms with Crippen LogP contribution in [0.5, 0.6) is 0 Å². The van der Waals surface area contributed by atoms with E-state index < -0.39 is 0 Å². The number of carbonyl (C=O) groups excluding carboxylic acids is 1. The number of thiophene rings is 1. The second-order valence-electron chi connectivity index (χ2n) is 13.7. The number of nitro groups is 1. The Morgan fingerprint density at radius 2 is 1.70 bits per heavy atom. The molecule has 9 heteroatoms. The van der Waals surface area contributed by atoms with Gasteiger partial charge in [0, 0.05) is 34.5 Å². The van der Waals surface area contributed by atoms with Crippen molar-refractivity contribution in [2.75, 3.05) is 0 Å². The van der Waals surface area contributed by atoms with Crippen LogP contribution in [0.2, 0.25) is 0 Å². The highest BCUT2D eigenvalue weighted by Crippen LogP contribution is 2.45. The van der Waals surface area contributed by atoms with Gasteiger partial charge >= 0.3 is 0 Å². The van der Waals surface area contributed by atoms with Gasteiger partial charge < -0.3 is 14.3 Å². The Morgan fingerprint density at radius 1 is 1.00 bits per heavy atom. The van der Waals surface area contributed by atoms with Crippen LogP contribution < -0.4 is 5.32 Å². The molecule has 0 fully saturated rings. The third-order valence-electron chi connectivity index (χ3n) is 9.49. The lowest BCUT2D eigenvalue weighted by molar-refractivity contribution is -0.384. The summed E-state index contributed by atoms with van der Waals surface area (Å²) < 4.78 is 7.61.